The second-order valence-electron chi connectivity index (χ2n) is 6.49. The lowest BCUT2D eigenvalue weighted by molar-refractivity contribution is 0.408. The third kappa shape index (κ3) is 2.64. The summed E-state index contributed by atoms with van der Waals surface area (Å²) >= 11 is 12.8. The minimum Gasteiger partial charge on any atom is -0.506 e. The summed E-state index contributed by atoms with van der Waals surface area (Å²) in [5.74, 6) is 0.0197. The SMILES string of the molecule is CCn1c(=O)c(-c2c(Cl)c(O)cc(OC)c2Cl)cc2cnc3[nH]c(C)cc3c21. The van der Waals surface area contributed by atoms with Gasteiger partial charge in [0.2, 0.25) is 0 Å². The van der Waals surface area contributed by atoms with Gasteiger partial charge in [-0.05, 0) is 26.0 Å². The van der Waals surface area contributed by atoms with Crippen LogP contribution < -0.4 is 10.3 Å². The first-order valence-corrected chi connectivity index (χ1v) is 9.40. The normalized spacial score (nSPS) is 11.5. The molecule has 0 radical (unpaired) electrons. The van der Waals surface area contributed by atoms with Gasteiger partial charge in [-0.25, -0.2) is 4.98 Å². The number of aromatic hydroxyl groups is 1. The van der Waals surface area contributed by atoms with Gasteiger partial charge in [-0.1, -0.05) is 23.2 Å². The first-order chi connectivity index (χ1) is 13.4. The van der Waals surface area contributed by atoms with Gasteiger partial charge in [0.25, 0.3) is 5.56 Å². The van der Waals surface area contributed by atoms with Crippen LogP contribution in [0.4, 0.5) is 0 Å². The molecule has 0 unspecified atom stereocenters. The Morgan fingerprint density at radius 3 is 2.68 bits per heavy atom. The maximum absolute atomic E-state index is 13.4. The van der Waals surface area contributed by atoms with Crippen molar-refractivity contribution in [2.75, 3.05) is 7.11 Å². The summed E-state index contributed by atoms with van der Waals surface area (Å²) in [5.41, 5.74) is 2.70. The van der Waals surface area contributed by atoms with Gasteiger partial charge in [-0.3, -0.25) is 4.79 Å². The molecule has 0 bridgehead atoms. The number of aromatic nitrogens is 3. The fourth-order valence-electron chi connectivity index (χ4n) is 3.54. The summed E-state index contributed by atoms with van der Waals surface area (Å²) in [6.45, 7) is 4.27. The number of phenolic OH excluding ortho intramolecular Hbond substituents is 1. The van der Waals surface area contributed by atoms with Crippen LogP contribution in [0.3, 0.4) is 0 Å². The molecule has 144 valence electrons. The molecule has 4 rings (SSSR count). The van der Waals surface area contributed by atoms with E-state index < -0.39 is 0 Å². The number of pyridine rings is 2. The van der Waals surface area contributed by atoms with Crippen molar-refractivity contribution in [2.45, 2.75) is 20.4 Å². The molecule has 0 atom stereocenters. The van der Waals surface area contributed by atoms with E-state index >= 15 is 0 Å². The molecule has 8 heteroatoms. The van der Waals surface area contributed by atoms with Crippen molar-refractivity contribution in [1.29, 1.82) is 0 Å². The Morgan fingerprint density at radius 2 is 2.00 bits per heavy atom. The number of benzene rings is 1. The van der Waals surface area contributed by atoms with Crippen LogP contribution in [0, 0.1) is 6.92 Å². The van der Waals surface area contributed by atoms with Gasteiger partial charge in [0, 0.05) is 40.8 Å². The molecule has 3 heterocycles. The van der Waals surface area contributed by atoms with Crippen molar-refractivity contribution in [3.05, 3.63) is 50.5 Å². The number of hydrogen-bond acceptors (Lipinski definition) is 4. The van der Waals surface area contributed by atoms with Crippen molar-refractivity contribution >= 4 is 45.1 Å². The minimum absolute atomic E-state index is 0.00331. The standard InChI is InChI=1S/C20H17Cl2N3O3/c1-4-25-18-10(8-23-19-12(18)5-9(2)24-19)6-11(20(25)27)15-16(21)13(26)7-14(28-3)17(15)22/h5-8,26H,4H2,1-3H3,(H,23,24). The maximum atomic E-state index is 13.4. The van der Waals surface area contributed by atoms with Crippen LogP contribution in [0.5, 0.6) is 11.5 Å². The number of halogens is 2. The average molecular weight is 418 g/mol. The molecule has 4 aromatic rings. The monoisotopic (exact) mass is 417 g/mol. The summed E-state index contributed by atoms with van der Waals surface area (Å²) in [6, 6.07) is 4.99. The number of nitrogens with one attached hydrogen (secondary N) is 1. The molecule has 0 amide bonds. The van der Waals surface area contributed by atoms with Crippen LogP contribution in [0.2, 0.25) is 10.0 Å². The summed E-state index contributed by atoms with van der Waals surface area (Å²) in [6.07, 6.45) is 1.70. The largest absolute Gasteiger partial charge is 0.506 e. The van der Waals surface area contributed by atoms with Crippen molar-refractivity contribution in [2.24, 2.45) is 0 Å². The van der Waals surface area contributed by atoms with E-state index in [1.807, 2.05) is 19.9 Å². The number of hydrogen-bond donors (Lipinski definition) is 2. The average Bonchev–Trinajstić information content (AvgIpc) is 3.05. The van der Waals surface area contributed by atoms with Gasteiger partial charge in [-0.15, -0.1) is 0 Å². The number of phenols is 1. The van der Waals surface area contributed by atoms with Crippen LogP contribution in [0.15, 0.2) is 29.2 Å². The second-order valence-corrected chi connectivity index (χ2v) is 7.24. The van der Waals surface area contributed by atoms with E-state index in [9.17, 15) is 9.90 Å². The van der Waals surface area contributed by atoms with Gasteiger partial charge in [-0.2, -0.15) is 0 Å². The molecule has 0 spiro atoms. The highest BCUT2D eigenvalue weighted by atomic mass is 35.5. The third-order valence-electron chi connectivity index (χ3n) is 4.79. The number of aryl methyl sites for hydroxylation is 2. The molecule has 1 aromatic carbocycles. The van der Waals surface area contributed by atoms with Crippen molar-refractivity contribution in [3.8, 4) is 22.6 Å². The lowest BCUT2D eigenvalue weighted by atomic mass is 10.0. The molecule has 2 N–H and O–H groups in total. The second kappa shape index (κ2) is 6.72. The van der Waals surface area contributed by atoms with Crippen molar-refractivity contribution in [1.82, 2.24) is 14.5 Å². The van der Waals surface area contributed by atoms with E-state index in [0.717, 1.165) is 27.6 Å². The topological polar surface area (TPSA) is 80.1 Å². The molecule has 3 aromatic heterocycles. The number of ether oxygens (including phenoxy) is 1. The Hall–Kier alpha value is -2.70. The fraction of sp³-hybridized carbons (Fsp3) is 0.200. The smallest absolute Gasteiger partial charge is 0.259 e. The van der Waals surface area contributed by atoms with Gasteiger partial charge < -0.3 is 19.4 Å². The van der Waals surface area contributed by atoms with Crippen molar-refractivity contribution in [3.63, 3.8) is 0 Å². The lowest BCUT2D eigenvalue weighted by Crippen LogP contribution is -2.21. The summed E-state index contributed by atoms with van der Waals surface area (Å²) in [5, 5.41) is 12.0. The molecule has 0 saturated heterocycles. The van der Waals surface area contributed by atoms with E-state index in [0.29, 0.717) is 6.54 Å². The molecule has 6 nitrogen and oxygen atoms in total. The predicted octanol–water partition coefficient (Wildman–Crippen LogP) is 4.89. The van der Waals surface area contributed by atoms with Crippen LogP contribution in [0.1, 0.15) is 12.6 Å². The number of H-pyrrole nitrogens is 1. The number of nitrogens with zero attached hydrogens (tertiary/aromatic N) is 2. The predicted molar refractivity (Wildman–Crippen MR) is 112 cm³/mol. The molecule has 0 aliphatic rings. The third-order valence-corrected chi connectivity index (χ3v) is 5.55. The Kier molecular flexibility index (Phi) is 4.48. The Bertz CT molecular complexity index is 1310. The zero-order valence-electron chi connectivity index (χ0n) is 15.4. The number of fused-ring (bicyclic) bond motifs is 3. The Balaban J connectivity index is 2.17. The quantitative estimate of drug-likeness (QED) is 0.496. The van der Waals surface area contributed by atoms with Gasteiger partial charge >= 0.3 is 0 Å². The molecule has 28 heavy (non-hydrogen) atoms. The highest BCUT2D eigenvalue weighted by Crippen LogP contribution is 2.45. The van der Waals surface area contributed by atoms with E-state index in [-0.39, 0.29) is 38.2 Å². The van der Waals surface area contributed by atoms with Crippen LogP contribution in [-0.2, 0) is 6.54 Å². The summed E-state index contributed by atoms with van der Waals surface area (Å²) in [7, 11) is 1.43. The number of rotatable bonds is 3. The zero-order valence-corrected chi connectivity index (χ0v) is 16.9. The van der Waals surface area contributed by atoms with Crippen LogP contribution >= 0.6 is 23.2 Å². The van der Waals surface area contributed by atoms with Crippen LogP contribution in [-0.4, -0.2) is 26.8 Å². The summed E-state index contributed by atoms with van der Waals surface area (Å²) < 4.78 is 6.87. The summed E-state index contributed by atoms with van der Waals surface area (Å²) in [4.78, 5) is 21.0. The Labute approximate surface area is 170 Å². The minimum atomic E-state index is -0.266. The molecule has 0 aliphatic heterocycles. The molecular weight excluding hydrogens is 401 g/mol. The van der Waals surface area contributed by atoms with Gasteiger partial charge in [0.15, 0.2) is 0 Å². The van der Waals surface area contributed by atoms with E-state index in [1.165, 1.54) is 13.2 Å². The first-order valence-electron chi connectivity index (χ1n) is 8.64. The van der Waals surface area contributed by atoms with Crippen LogP contribution in [0.25, 0.3) is 33.1 Å². The molecular formula is C20H17Cl2N3O3. The highest BCUT2D eigenvalue weighted by Gasteiger charge is 2.22. The lowest BCUT2D eigenvalue weighted by Gasteiger charge is -2.16. The fourth-order valence-corrected chi connectivity index (χ4v) is 4.17. The number of aromatic amines is 1. The van der Waals surface area contributed by atoms with E-state index in [2.05, 4.69) is 9.97 Å². The first kappa shape index (κ1) is 18.7. The number of methoxy groups -OCH3 is 1. The van der Waals surface area contributed by atoms with Gasteiger partial charge in [0.05, 0.1) is 28.2 Å². The Morgan fingerprint density at radius 1 is 1.25 bits per heavy atom. The maximum Gasteiger partial charge on any atom is 0.259 e. The van der Waals surface area contributed by atoms with Gasteiger partial charge in [0.1, 0.15) is 17.1 Å². The molecule has 0 fully saturated rings. The molecule has 0 saturated carbocycles. The van der Waals surface area contributed by atoms with E-state index in [4.69, 9.17) is 27.9 Å². The zero-order chi connectivity index (χ0) is 20.2. The molecule has 0 aliphatic carbocycles. The van der Waals surface area contributed by atoms with E-state index in [1.54, 1.807) is 16.8 Å². The highest BCUT2D eigenvalue weighted by molar-refractivity contribution is 6.41. The van der Waals surface area contributed by atoms with Crippen molar-refractivity contribution < 1.29 is 9.84 Å².